The molecule has 2 rings (SSSR count). The first-order valence-corrected chi connectivity index (χ1v) is 8.35. The van der Waals surface area contributed by atoms with Gasteiger partial charge in [-0.15, -0.1) is 0 Å². The largest absolute Gasteiger partial charge is 0.493 e. The summed E-state index contributed by atoms with van der Waals surface area (Å²) in [6.07, 6.45) is 0. The van der Waals surface area contributed by atoms with Crippen molar-refractivity contribution in [2.24, 2.45) is 5.92 Å². The Balaban J connectivity index is 1.83. The van der Waals surface area contributed by atoms with Gasteiger partial charge in [0, 0.05) is 17.8 Å². The monoisotopic (exact) mass is 326 g/mol. The fourth-order valence-electron chi connectivity index (χ4n) is 2.24. The summed E-state index contributed by atoms with van der Waals surface area (Å²) in [5.41, 5.74) is 1.91. The van der Waals surface area contributed by atoms with Gasteiger partial charge in [0.25, 0.3) is 0 Å². The number of rotatable bonds is 8. The highest BCUT2D eigenvalue weighted by atomic mass is 16.5. The van der Waals surface area contributed by atoms with Crippen LogP contribution in [0, 0.1) is 5.92 Å². The van der Waals surface area contributed by atoms with Crippen LogP contribution in [0.4, 0.5) is 5.69 Å². The Morgan fingerprint density at radius 2 is 1.79 bits per heavy atom. The second kappa shape index (κ2) is 9.08. The lowest BCUT2D eigenvalue weighted by atomic mass is 10.1. The Kier molecular flexibility index (Phi) is 6.82. The molecule has 0 saturated heterocycles. The molecule has 4 nitrogen and oxygen atoms in total. The zero-order chi connectivity index (χ0) is 17.4. The fraction of sp³-hybridized carbons (Fsp3) is 0.350. The highest BCUT2D eigenvalue weighted by molar-refractivity contribution is 5.92. The van der Waals surface area contributed by atoms with Gasteiger partial charge in [0.2, 0.25) is 5.91 Å². The van der Waals surface area contributed by atoms with Crippen molar-refractivity contribution in [2.45, 2.75) is 26.8 Å². The first-order chi connectivity index (χ1) is 11.5. The highest BCUT2D eigenvalue weighted by Gasteiger charge is 2.08. The van der Waals surface area contributed by atoms with Gasteiger partial charge >= 0.3 is 0 Å². The van der Waals surface area contributed by atoms with Crippen LogP contribution in [0.3, 0.4) is 0 Å². The first-order valence-electron chi connectivity index (χ1n) is 8.35. The van der Waals surface area contributed by atoms with E-state index in [2.05, 4.69) is 24.5 Å². The number of benzene rings is 2. The standard InChI is InChI=1S/C20H26N2O2/c1-15(2)14-24-19-11-7-10-18(12-19)22-20(23)13-21-16(3)17-8-5-4-6-9-17/h4-12,15-16,21H,13-14H2,1-3H3,(H,22,23). The zero-order valence-electron chi connectivity index (χ0n) is 14.6. The molecule has 1 unspecified atom stereocenters. The Morgan fingerprint density at radius 3 is 2.50 bits per heavy atom. The number of amides is 1. The average Bonchev–Trinajstić information content (AvgIpc) is 2.59. The second-order valence-corrected chi connectivity index (χ2v) is 6.29. The van der Waals surface area contributed by atoms with E-state index in [1.807, 2.05) is 61.5 Å². The third-order valence-corrected chi connectivity index (χ3v) is 3.57. The summed E-state index contributed by atoms with van der Waals surface area (Å²) in [6, 6.07) is 17.7. The zero-order valence-corrected chi connectivity index (χ0v) is 14.6. The van der Waals surface area contributed by atoms with Crippen LogP contribution in [0.2, 0.25) is 0 Å². The molecular formula is C20H26N2O2. The summed E-state index contributed by atoms with van der Waals surface area (Å²) in [5, 5.41) is 6.13. The molecule has 4 heteroatoms. The predicted octanol–water partition coefficient (Wildman–Crippen LogP) is 4.01. The fourth-order valence-corrected chi connectivity index (χ4v) is 2.24. The molecular weight excluding hydrogens is 300 g/mol. The van der Waals surface area contributed by atoms with Gasteiger partial charge in [0.1, 0.15) is 5.75 Å². The summed E-state index contributed by atoms with van der Waals surface area (Å²) < 4.78 is 5.68. The third kappa shape index (κ3) is 6.05. The van der Waals surface area contributed by atoms with Crippen LogP contribution in [0.25, 0.3) is 0 Å². The number of hydrogen-bond donors (Lipinski definition) is 2. The van der Waals surface area contributed by atoms with Crippen molar-refractivity contribution in [3.8, 4) is 5.75 Å². The van der Waals surface area contributed by atoms with Crippen LogP contribution < -0.4 is 15.4 Å². The molecule has 0 spiro atoms. The minimum atomic E-state index is -0.0706. The summed E-state index contributed by atoms with van der Waals surface area (Å²) >= 11 is 0. The minimum Gasteiger partial charge on any atom is -0.493 e. The van der Waals surface area contributed by atoms with Crippen LogP contribution in [-0.2, 0) is 4.79 Å². The summed E-state index contributed by atoms with van der Waals surface area (Å²) in [6.45, 7) is 7.17. The quantitative estimate of drug-likeness (QED) is 0.770. The van der Waals surface area contributed by atoms with E-state index in [1.165, 1.54) is 0 Å². The molecule has 1 amide bonds. The van der Waals surface area contributed by atoms with E-state index in [-0.39, 0.29) is 18.5 Å². The molecule has 128 valence electrons. The molecule has 0 fully saturated rings. The van der Waals surface area contributed by atoms with Gasteiger partial charge in [-0.25, -0.2) is 0 Å². The smallest absolute Gasteiger partial charge is 0.238 e. The van der Waals surface area contributed by atoms with Gasteiger partial charge in [0.15, 0.2) is 0 Å². The third-order valence-electron chi connectivity index (χ3n) is 3.57. The lowest BCUT2D eigenvalue weighted by Gasteiger charge is -2.14. The molecule has 0 heterocycles. The predicted molar refractivity (Wildman–Crippen MR) is 98.3 cm³/mol. The molecule has 0 aromatic heterocycles. The SMILES string of the molecule is CC(C)COc1cccc(NC(=O)CNC(C)c2ccccc2)c1. The van der Waals surface area contributed by atoms with Crippen molar-refractivity contribution in [1.29, 1.82) is 0 Å². The molecule has 0 aliphatic carbocycles. The van der Waals surface area contributed by atoms with Crippen LogP contribution in [-0.4, -0.2) is 19.1 Å². The van der Waals surface area contributed by atoms with Crippen molar-refractivity contribution in [3.05, 3.63) is 60.2 Å². The van der Waals surface area contributed by atoms with E-state index < -0.39 is 0 Å². The lowest BCUT2D eigenvalue weighted by molar-refractivity contribution is -0.115. The Bertz CT molecular complexity index is 641. The van der Waals surface area contributed by atoms with Gasteiger partial charge in [0.05, 0.1) is 13.2 Å². The molecule has 1 atom stereocenters. The van der Waals surface area contributed by atoms with E-state index in [0.29, 0.717) is 12.5 Å². The van der Waals surface area contributed by atoms with Crippen LogP contribution >= 0.6 is 0 Å². The molecule has 0 saturated carbocycles. The normalized spacial score (nSPS) is 12.0. The maximum absolute atomic E-state index is 12.1. The number of anilines is 1. The Labute approximate surface area is 144 Å². The molecule has 0 bridgehead atoms. The van der Waals surface area contributed by atoms with E-state index in [0.717, 1.165) is 17.0 Å². The number of carbonyl (C=O) groups excluding carboxylic acids is 1. The maximum atomic E-state index is 12.1. The molecule has 2 N–H and O–H groups in total. The van der Waals surface area contributed by atoms with E-state index >= 15 is 0 Å². The first kappa shape index (κ1) is 18.0. The van der Waals surface area contributed by atoms with Crippen molar-refractivity contribution >= 4 is 11.6 Å². The molecule has 0 aliphatic rings. The van der Waals surface area contributed by atoms with Crippen molar-refractivity contribution < 1.29 is 9.53 Å². The molecule has 0 aliphatic heterocycles. The van der Waals surface area contributed by atoms with Crippen LogP contribution in [0.15, 0.2) is 54.6 Å². The van der Waals surface area contributed by atoms with Gasteiger partial charge in [-0.05, 0) is 30.5 Å². The lowest BCUT2D eigenvalue weighted by Crippen LogP contribution is -2.30. The number of carbonyl (C=O) groups is 1. The number of nitrogens with one attached hydrogen (secondary N) is 2. The minimum absolute atomic E-state index is 0.0706. The summed E-state index contributed by atoms with van der Waals surface area (Å²) in [5.74, 6) is 1.16. The van der Waals surface area contributed by atoms with Gasteiger partial charge in [-0.3, -0.25) is 4.79 Å². The van der Waals surface area contributed by atoms with Crippen molar-refractivity contribution in [1.82, 2.24) is 5.32 Å². The topological polar surface area (TPSA) is 50.4 Å². The van der Waals surface area contributed by atoms with Gasteiger partial charge in [-0.1, -0.05) is 50.2 Å². The van der Waals surface area contributed by atoms with E-state index in [4.69, 9.17) is 4.74 Å². The van der Waals surface area contributed by atoms with E-state index in [9.17, 15) is 4.79 Å². The Hall–Kier alpha value is -2.33. The maximum Gasteiger partial charge on any atom is 0.238 e. The van der Waals surface area contributed by atoms with Crippen molar-refractivity contribution in [3.63, 3.8) is 0 Å². The summed E-state index contributed by atoms with van der Waals surface area (Å²) in [4.78, 5) is 12.1. The highest BCUT2D eigenvalue weighted by Crippen LogP contribution is 2.18. The number of hydrogen-bond acceptors (Lipinski definition) is 3. The Morgan fingerprint density at radius 1 is 1.04 bits per heavy atom. The van der Waals surface area contributed by atoms with E-state index in [1.54, 1.807) is 0 Å². The molecule has 24 heavy (non-hydrogen) atoms. The molecule has 2 aromatic rings. The van der Waals surface area contributed by atoms with Gasteiger partial charge in [-0.2, -0.15) is 0 Å². The second-order valence-electron chi connectivity index (χ2n) is 6.29. The van der Waals surface area contributed by atoms with Crippen LogP contribution in [0.1, 0.15) is 32.4 Å². The van der Waals surface area contributed by atoms with Crippen molar-refractivity contribution in [2.75, 3.05) is 18.5 Å². The summed E-state index contributed by atoms with van der Waals surface area (Å²) in [7, 11) is 0. The number of ether oxygens (including phenoxy) is 1. The molecule has 0 radical (unpaired) electrons. The average molecular weight is 326 g/mol. The van der Waals surface area contributed by atoms with Crippen LogP contribution in [0.5, 0.6) is 5.75 Å². The van der Waals surface area contributed by atoms with Gasteiger partial charge < -0.3 is 15.4 Å². The molecule has 2 aromatic carbocycles.